The van der Waals surface area contributed by atoms with Crippen LogP contribution in [-0.2, 0) is 11.3 Å². The highest BCUT2D eigenvalue weighted by Gasteiger charge is 2.22. The van der Waals surface area contributed by atoms with Gasteiger partial charge in [-0.15, -0.1) is 0 Å². The molecule has 3 heteroatoms. The number of carbonyl (C=O) groups excluding carboxylic acids is 1. The molecule has 1 unspecified atom stereocenters. The first-order chi connectivity index (χ1) is 7.25. The molecule has 0 spiro atoms. The Hall–Kier alpha value is -1.35. The molecule has 1 aromatic carbocycles. The largest absolute Gasteiger partial charge is 0.550 e. The van der Waals surface area contributed by atoms with Crippen LogP contribution in [0.3, 0.4) is 0 Å². The lowest BCUT2D eigenvalue weighted by Crippen LogP contribution is -2.33. The molecule has 0 aromatic heterocycles. The topological polar surface area (TPSA) is 43.4 Å². The SMILES string of the molecule is O=C([O-])C1CCN(Cc2ccccc2)C1. The standard InChI is InChI=1S/C12H15NO2/c14-12(15)11-6-7-13(9-11)8-10-4-2-1-3-5-10/h1-5,11H,6-9H2,(H,14,15)/p-1. The molecule has 0 amide bonds. The minimum Gasteiger partial charge on any atom is -0.550 e. The molecule has 0 N–H and O–H groups in total. The number of nitrogens with zero attached hydrogens (tertiary/aromatic N) is 1. The van der Waals surface area contributed by atoms with Crippen molar-refractivity contribution in [3.8, 4) is 0 Å². The number of benzene rings is 1. The Bertz CT molecular complexity index is 337. The van der Waals surface area contributed by atoms with Gasteiger partial charge in [-0.2, -0.15) is 0 Å². The van der Waals surface area contributed by atoms with Crippen molar-refractivity contribution < 1.29 is 9.90 Å². The number of carboxylic acid groups (broad SMARTS) is 1. The van der Waals surface area contributed by atoms with Crippen LogP contribution in [0.25, 0.3) is 0 Å². The zero-order valence-electron chi connectivity index (χ0n) is 8.56. The Balaban J connectivity index is 1.90. The third-order valence-corrected chi connectivity index (χ3v) is 2.85. The fourth-order valence-electron chi connectivity index (χ4n) is 2.01. The van der Waals surface area contributed by atoms with Gasteiger partial charge in [0.25, 0.3) is 0 Å². The Morgan fingerprint density at radius 2 is 2.13 bits per heavy atom. The van der Waals surface area contributed by atoms with E-state index >= 15 is 0 Å². The number of hydrogen-bond donors (Lipinski definition) is 0. The normalized spacial score (nSPS) is 21.7. The minimum atomic E-state index is -0.912. The quantitative estimate of drug-likeness (QED) is 0.709. The highest BCUT2D eigenvalue weighted by molar-refractivity contribution is 5.68. The Morgan fingerprint density at radius 1 is 1.40 bits per heavy atom. The number of likely N-dealkylation sites (tertiary alicyclic amines) is 1. The molecule has 0 bridgehead atoms. The minimum absolute atomic E-state index is 0.284. The summed E-state index contributed by atoms with van der Waals surface area (Å²) < 4.78 is 0. The zero-order chi connectivity index (χ0) is 10.7. The summed E-state index contributed by atoms with van der Waals surface area (Å²) in [6, 6.07) is 10.1. The molecule has 15 heavy (non-hydrogen) atoms. The van der Waals surface area contributed by atoms with E-state index in [0.29, 0.717) is 6.54 Å². The molecule has 3 nitrogen and oxygen atoms in total. The van der Waals surface area contributed by atoms with Gasteiger partial charge in [-0.05, 0) is 18.5 Å². The highest BCUT2D eigenvalue weighted by atomic mass is 16.4. The van der Waals surface area contributed by atoms with E-state index in [4.69, 9.17) is 0 Å². The molecule has 1 aliphatic heterocycles. The molecule has 1 saturated heterocycles. The van der Waals surface area contributed by atoms with E-state index in [2.05, 4.69) is 17.0 Å². The lowest BCUT2D eigenvalue weighted by Gasteiger charge is -2.16. The van der Waals surface area contributed by atoms with Crippen LogP contribution in [0.15, 0.2) is 30.3 Å². The lowest BCUT2D eigenvalue weighted by molar-refractivity contribution is -0.311. The van der Waals surface area contributed by atoms with Crippen LogP contribution >= 0.6 is 0 Å². The molecule has 1 aromatic rings. The van der Waals surface area contributed by atoms with Crippen LogP contribution in [0.2, 0.25) is 0 Å². The predicted octanol–water partition coefficient (Wildman–Crippen LogP) is 0.258. The van der Waals surface area contributed by atoms with Gasteiger partial charge in [0.05, 0.1) is 0 Å². The van der Waals surface area contributed by atoms with Crippen molar-refractivity contribution in [1.29, 1.82) is 0 Å². The van der Waals surface area contributed by atoms with E-state index in [1.807, 2.05) is 18.2 Å². The Kier molecular flexibility index (Phi) is 3.02. The maximum Gasteiger partial charge on any atom is 0.0458 e. The summed E-state index contributed by atoms with van der Waals surface area (Å²) in [4.78, 5) is 12.8. The molecular weight excluding hydrogens is 190 g/mol. The van der Waals surface area contributed by atoms with Gasteiger partial charge in [0.1, 0.15) is 0 Å². The van der Waals surface area contributed by atoms with E-state index in [9.17, 15) is 9.90 Å². The van der Waals surface area contributed by atoms with Gasteiger partial charge in [0, 0.05) is 25.0 Å². The van der Waals surface area contributed by atoms with Gasteiger partial charge in [-0.3, -0.25) is 4.90 Å². The predicted molar refractivity (Wildman–Crippen MR) is 54.8 cm³/mol. The number of carbonyl (C=O) groups is 1. The fraction of sp³-hybridized carbons (Fsp3) is 0.417. The molecule has 0 saturated carbocycles. The van der Waals surface area contributed by atoms with Crippen LogP contribution in [0, 0.1) is 5.92 Å². The van der Waals surface area contributed by atoms with E-state index < -0.39 is 5.97 Å². The van der Waals surface area contributed by atoms with Crippen LogP contribution in [-0.4, -0.2) is 24.0 Å². The van der Waals surface area contributed by atoms with Gasteiger partial charge in [0.2, 0.25) is 0 Å². The van der Waals surface area contributed by atoms with Crippen molar-refractivity contribution in [2.45, 2.75) is 13.0 Å². The zero-order valence-corrected chi connectivity index (χ0v) is 8.56. The van der Waals surface area contributed by atoms with E-state index in [0.717, 1.165) is 19.5 Å². The first-order valence-electron chi connectivity index (χ1n) is 5.23. The smallest absolute Gasteiger partial charge is 0.0458 e. The molecule has 0 aliphatic carbocycles. The second-order valence-electron chi connectivity index (χ2n) is 4.03. The summed E-state index contributed by atoms with van der Waals surface area (Å²) in [5, 5.41) is 10.7. The Morgan fingerprint density at radius 3 is 2.73 bits per heavy atom. The van der Waals surface area contributed by atoms with Gasteiger partial charge in [-0.25, -0.2) is 0 Å². The second kappa shape index (κ2) is 4.45. The first kappa shape index (κ1) is 10.2. The summed E-state index contributed by atoms with van der Waals surface area (Å²) >= 11 is 0. The summed E-state index contributed by atoms with van der Waals surface area (Å²) in [5.41, 5.74) is 1.23. The molecule has 0 radical (unpaired) electrons. The average molecular weight is 204 g/mol. The molecule has 1 aliphatic rings. The summed E-state index contributed by atoms with van der Waals surface area (Å²) in [5.74, 6) is -1.20. The van der Waals surface area contributed by atoms with Crippen molar-refractivity contribution >= 4 is 5.97 Å². The van der Waals surface area contributed by atoms with Crippen LogP contribution in [0.5, 0.6) is 0 Å². The van der Waals surface area contributed by atoms with Gasteiger partial charge in [-0.1, -0.05) is 30.3 Å². The van der Waals surface area contributed by atoms with E-state index in [1.54, 1.807) is 0 Å². The summed E-state index contributed by atoms with van der Waals surface area (Å²) in [6.07, 6.45) is 0.717. The summed E-state index contributed by atoms with van der Waals surface area (Å²) in [7, 11) is 0. The average Bonchev–Trinajstić information content (AvgIpc) is 2.68. The first-order valence-corrected chi connectivity index (χ1v) is 5.23. The van der Waals surface area contributed by atoms with Gasteiger partial charge >= 0.3 is 0 Å². The van der Waals surface area contributed by atoms with Gasteiger partial charge < -0.3 is 9.90 Å². The molecule has 1 fully saturated rings. The monoisotopic (exact) mass is 204 g/mol. The third-order valence-electron chi connectivity index (χ3n) is 2.85. The van der Waals surface area contributed by atoms with Crippen LogP contribution in [0.1, 0.15) is 12.0 Å². The molecule has 1 atom stereocenters. The highest BCUT2D eigenvalue weighted by Crippen LogP contribution is 2.17. The molecule has 80 valence electrons. The number of hydrogen-bond acceptors (Lipinski definition) is 3. The van der Waals surface area contributed by atoms with Crippen molar-refractivity contribution in [2.75, 3.05) is 13.1 Å². The molecule has 1 heterocycles. The summed E-state index contributed by atoms with van der Waals surface area (Å²) in [6.45, 7) is 2.31. The maximum absolute atomic E-state index is 10.7. The van der Waals surface area contributed by atoms with Crippen LogP contribution in [0.4, 0.5) is 0 Å². The van der Waals surface area contributed by atoms with Crippen molar-refractivity contribution in [3.63, 3.8) is 0 Å². The van der Waals surface area contributed by atoms with Gasteiger partial charge in [0.15, 0.2) is 0 Å². The molecule has 2 rings (SSSR count). The van der Waals surface area contributed by atoms with Crippen LogP contribution < -0.4 is 5.11 Å². The third kappa shape index (κ3) is 2.57. The number of carboxylic acids is 1. The second-order valence-corrected chi connectivity index (χ2v) is 4.03. The van der Waals surface area contributed by atoms with Crippen molar-refractivity contribution in [1.82, 2.24) is 4.90 Å². The number of rotatable bonds is 3. The van der Waals surface area contributed by atoms with E-state index in [-0.39, 0.29) is 5.92 Å². The number of aliphatic carboxylic acids is 1. The lowest BCUT2D eigenvalue weighted by atomic mass is 10.1. The van der Waals surface area contributed by atoms with E-state index in [1.165, 1.54) is 5.56 Å². The van der Waals surface area contributed by atoms with Crippen molar-refractivity contribution in [2.24, 2.45) is 5.92 Å². The Labute approximate surface area is 89.3 Å². The fourth-order valence-corrected chi connectivity index (χ4v) is 2.01. The maximum atomic E-state index is 10.7. The molecular formula is C12H14NO2-. The van der Waals surface area contributed by atoms with Crippen molar-refractivity contribution in [3.05, 3.63) is 35.9 Å².